The Kier molecular flexibility index (Phi) is 6.93. The molecule has 1 aromatic carbocycles. The van der Waals surface area contributed by atoms with Crippen LogP contribution in [0.2, 0.25) is 0 Å². The number of amides is 1. The van der Waals surface area contributed by atoms with Gasteiger partial charge in [-0.25, -0.2) is 0 Å². The van der Waals surface area contributed by atoms with E-state index in [-0.39, 0.29) is 24.9 Å². The number of hydrogen-bond donors (Lipinski definition) is 1. The molecule has 8 heteroatoms. The third-order valence-corrected chi connectivity index (χ3v) is 5.63. The maximum absolute atomic E-state index is 12.9. The van der Waals surface area contributed by atoms with Gasteiger partial charge in [-0.15, -0.1) is 0 Å². The first kappa shape index (κ1) is 23.4. The number of ketones is 1. The highest BCUT2D eigenvalue weighted by Crippen LogP contribution is 2.29. The van der Waals surface area contributed by atoms with Crippen molar-refractivity contribution in [2.45, 2.75) is 45.3 Å². The molecule has 1 aromatic heterocycles. The first-order chi connectivity index (χ1) is 15.1. The van der Waals surface area contributed by atoms with E-state index in [1.54, 1.807) is 12.4 Å². The second-order valence-electron chi connectivity index (χ2n) is 8.64. The lowest BCUT2D eigenvalue weighted by Gasteiger charge is -2.27. The molecule has 0 radical (unpaired) electrons. The average Bonchev–Trinajstić information content (AvgIpc) is 3.35. The number of benzene rings is 1. The number of esters is 1. The van der Waals surface area contributed by atoms with Gasteiger partial charge in [0, 0.05) is 18.8 Å². The lowest BCUT2D eigenvalue weighted by atomic mass is 9.93. The summed E-state index contributed by atoms with van der Waals surface area (Å²) in [5.74, 6) is -3.11. The molecule has 0 bridgehead atoms. The SMILES string of the molecule is CC(C)CC(CC(=O)n1ccc(-c2ccccc2)c1)C(=O)OC1C(=O)COC1(C)C(N)=O. The lowest BCUT2D eigenvalue weighted by molar-refractivity contribution is -0.169. The van der Waals surface area contributed by atoms with E-state index in [0.717, 1.165) is 11.1 Å². The summed E-state index contributed by atoms with van der Waals surface area (Å²) in [6, 6.07) is 11.5. The van der Waals surface area contributed by atoms with Crippen LogP contribution in [-0.4, -0.2) is 46.4 Å². The third-order valence-electron chi connectivity index (χ3n) is 5.63. The standard InChI is InChI=1S/C24H28N2O6/c1-15(2)11-18(22(29)32-21-19(27)14-31-24(21,3)23(25)30)12-20(28)26-10-9-17(13-26)16-7-5-4-6-8-16/h4-10,13,15,18,21H,11-12,14H2,1-3H3,(H2,25,30). The van der Waals surface area contributed by atoms with Gasteiger partial charge in [0.05, 0.1) is 5.92 Å². The van der Waals surface area contributed by atoms with Crippen LogP contribution in [0.15, 0.2) is 48.8 Å². The van der Waals surface area contributed by atoms with Crippen LogP contribution < -0.4 is 5.73 Å². The molecule has 3 rings (SSSR count). The molecule has 3 unspecified atom stereocenters. The Morgan fingerprint density at radius 2 is 1.88 bits per heavy atom. The van der Waals surface area contributed by atoms with Crippen molar-refractivity contribution in [2.75, 3.05) is 6.61 Å². The van der Waals surface area contributed by atoms with Gasteiger partial charge in [0.1, 0.15) is 6.61 Å². The maximum Gasteiger partial charge on any atom is 0.310 e. The zero-order chi connectivity index (χ0) is 23.5. The Balaban J connectivity index is 1.74. The maximum atomic E-state index is 12.9. The molecule has 0 saturated carbocycles. The number of carbonyl (C=O) groups excluding carboxylic acids is 4. The van der Waals surface area contributed by atoms with Crippen LogP contribution in [0, 0.1) is 11.8 Å². The first-order valence-electron chi connectivity index (χ1n) is 10.6. The minimum Gasteiger partial charge on any atom is -0.450 e. The molecule has 1 saturated heterocycles. The third kappa shape index (κ3) is 4.96. The summed E-state index contributed by atoms with van der Waals surface area (Å²) in [5, 5.41) is 0. The van der Waals surface area contributed by atoms with E-state index >= 15 is 0 Å². The molecule has 170 valence electrons. The summed E-state index contributed by atoms with van der Waals surface area (Å²) in [4.78, 5) is 49.8. The van der Waals surface area contributed by atoms with Crippen molar-refractivity contribution in [3.05, 3.63) is 48.8 Å². The predicted octanol–water partition coefficient (Wildman–Crippen LogP) is 2.60. The molecule has 8 nitrogen and oxygen atoms in total. The molecule has 2 heterocycles. The van der Waals surface area contributed by atoms with Crippen molar-refractivity contribution in [1.29, 1.82) is 0 Å². The molecule has 1 amide bonds. The van der Waals surface area contributed by atoms with E-state index in [4.69, 9.17) is 15.2 Å². The number of nitrogens with zero attached hydrogens (tertiary/aromatic N) is 1. The van der Waals surface area contributed by atoms with Gasteiger partial charge >= 0.3 is 5.97 Å². The molecule has 3 atom stereocenters. The minimum atomic E-state index is -1.72. The van der Waals surface area contributed by atoms with Crippen LogP contribution in [0.1, 0.15) is 38.4 Å². The van der Waals surface area contributed by atoms with Crippen molar-refractivity contribution in [2.24, 2.45) is 17.6 Å². The van der Waals surface area contributed by atoms with Gasteiger partial charge in [-0.05, 0) is 36.5 Å². The fraction of sp³-hybridized carbons (Fsp3) is 0.417. The molecule has 0 spiro atoms. The summed E-state index contributed by atoms with van der Waals surface area (Å²) >= 11 is 0. The monoisotopic (exact) mass is 440 g/mol. The Bertz CT molecular complexity index is 1010. The summed E-state index contributed by atoms with van der Waals surface area (Å²) in [6.07, 6.45) is 2.23. The smallest absolute Gasteiger partial charge is 0.310 e. The number of ether oxygens (including phenoxy) is 2. The Morgan fingerprint density at radius 3 is 2.50 bits per heavy atom. The molecule has 0 aliphatic carbocycles. The second-order valence-corrected chi connectivity index (χ2v) is 8.64. The van der Waals surface area contributed by atoms with Crippen LogP contribution in [0.3, 0.4) is 0 Å². The normalized spacial score (nSPS) is 21.5. The molecule has 2 aromatic rings. The van der Waals surface area contributed by atoms with Crippen molar-refractivity contribution >= 4 is 23.6 Å². The summed E-state index contributed by atoms with van der Waals surface area (Å²) in [5.41, 5.74) is 5.50. The average molecular weight is 440 g/mol. The number of Topliss-reactive ketones (excluding diaryl/α,β-unsaturated/α-hetero) is 1. The molecular weight excluding hydrogens is 412 g/mol. The van der Waals surface area contributed by atoms with Gasteiger partial charge in [-0.2, -0.15) is 0 Å². The Hall–Kier alpha value is -3.26. The van der Waals surface area contributed by atoms with E-state index in [1.807, 2.05) is 50.2 Å². The van der Waals surface area contributed by atoms with Gasteiger partial charge < -0.3 is 15.2 Å². The van der Waals surface area contributed by atoms with E-state index in [1.165, 1.54) is 11.5 Å². The van der Waals surface area contributed by atoms with Crippen molar-refractivity contribution in [1.82, 2.24) is 4.57 Å². The summed E-state index contributed by atoms with van der Waals surface area (Å²) in [6.45, 7) is 4.80. The first-order valence-corrected chi connectivity index (χ1v) is 10.6. The highest BCUT2D eigenvalue weighted by atomic mass is 16.6. The highest BCUT2D eigenvalue weighted by Gasteiger charge is 2.53. The lowest BCUT2D eigenvalue weighted by Crippen LogP contribution is -2.52. The molecule has 1 aliphatic heterocycles. The molecular formula is C24H28N2O6. The van der Waals surface area contributed by atoms with Gasteiger partial charge in [-0.1, -0.05) is 44.2 Å². The summed E-state index contributed by atoms with van der Waals surface area (Å²) < 4.78 is 12.1. The van der Waals surface area contributed by atoms with Crippen LogP contribution in [0.25, 0.3) is 11.1 Å². The van der Waals surface area contributed by atoms with E-state index in [0.29, 0.717) is 6.42 Å². The molecule has 1 aliphatic rings. The van der Waals surface area contributed by atoms with E-state index in [9.17, 15) is 19.2 Å². The number of carbonyl (C=O) groups is 4. The van der Waals surface area contributed by atoms with Gasteiger partial charge in [0.15, 0.2) is 11.7 Å². The zero-order valence-electron chi connectivity index (χ0n) is 18.4. The minimum absolute atomic E-state index is 0.0999. The fourth-order valence-corrected chi connectivity index (χ4v) is 3.77. The van der Waals surface area contributed by atoms with Crippen LogP contribution >= 0.6 is 0 Å². The van der Waals surface area contributed by atoms with Crippen molar-refractivity contribution in [3.8, 4) is 11.1 Å². The fourth-order valence-electron chi connectivity index (χ4n) is 3.77. The second kappa shape index (κ2) is 9.48. The number of nitrogens with two attached hydrogens (primary N) is 1. The number of aromatic nitrogens is 1. The van der Waals surface area contributed by atoms with E-state index < -0.39 is 35.3 Å². The topological polar surface area (TPSA) is 118 Å². The Morgan fingerprint density at radius 1 is 1.19 bits per heavy atom. The van der Waals surface area contributed by atoms with E-state index in [2.05, 4.69) is 0 Å². The quantitative estimate of drug-likeness (QED) is 0.631. The number of hydrogen-bond acceptors (Lipinski definition) is 6. The highest BCUT2D eigenvalue weighted by molar-refractivity contribution is 5.99. The number of rotatable bonds is 8. The summed E-state index contributed by atoms with van der Waals surface area (Å²) in [7, 11) is 0. The van der Waals surface area contributed by atoms with Gasteiger partial charge in [0.25, 0.3) is 5.91 Å². The van der Waals surface area contributed by atoms with Gasteiger partial charge in [0.2, 0.25) is 11.7 Å². The number of primary amides is 1. The van der Waals surface area contributed by atoms with Crippen molar-refractivity contribution in [3.63, 3.8) is 0 Å². The molecule has 1 fully saturated rings. The van der Waals surface area contributed by atoms with Crippen LogP contribution in [-0.2, 0) is 23.9 Å². The Labute approximate surface area is 186 Å². The molecule has 2 N–H and O–H groups in total. The van der Waals surface area contributed by atoms with Gasteiger partial charge in [-0.3, -0.25) is 23.7 Å². The zero-order valence-corrected chi connectivity index (χ0v) is 18.4. The largest absolute Gasteiger partial charge is 0.450 e. The molecule has 32 heavy (non-hydrogen) atoms. The van der Waals surface area contributed by atoms with Crippen molar-refractivity contribution < 1.29 is 28.7 Å². The van der Waals surface area contributed by atoms with Crippen LogP contribution in [0.4, 0.5) is 0 Å². The predicted molar refractivity (Wildman–Crippen MR) is 116 cm³/mol. The van der Waals surface area contributed by atoms with Crippen LogP contribution in [0.5, 0.6) is 0 Å².